The highest BCUT2D eigenvalue weighted by Gasteiger charge is 2.18. The lowest BCUT2D eigenvalue weighted by Gasteiger charge is -2.11. The Kier molecular flexibility index (Phi) is 6.03. The number of nitrogens with one attached hydrogen (secondary N) is 1. The molecule has 0 fully saturated rings. The third kappa shape index (κ3) is 4.45. The monoisotopic (exact) mass is 417 g/mol. The maximum Gasteiger partial charge on any atom is 0.252 e. The molecule has 1 N–H and O–H groups in total. The summed E-state index contributed by atoms with van der Waals surface area (Å²) in [5, 5.41) is 2.88. The molecule has 0 aliphatic heterocycles. The lowest BCUT2D eigenvalue weighted by Crippen LogP contribution is -2.24. The van der Waals surface area contributed by atoms with Crippen molar-refractivity contribution in [2.75, 3.05) is 6.61 Å². The van der Waals surface area contributed by atoms with Gasteiger partial charge in [0.15, 0.2) is 5.76 Å². The Balaban J connectivity index is 1.57. The minimum Gasteiger partial charge on any atom is -0.478 e. The predicted octanol–water partition coefficient (Wildman–Crippen LogP) is 4.87. The van der Waals surface area contributed by atoms with Crippen LogP contribution >= 0.6 is 0 Å². The molecule has 0 aliphatic rings. The van der Waals surface area contributed by atoms with E-state index >= 15 is 0 Å². The van der Waals surface area contributed by atoms with E-state index in [2.05, 4.69) is 15.3 Å². The van der Waals surface area contributed by atoms with E-state index in [1.807, 2.05) is 13.0 Å². The Morgan fingerprint density at radius 1 is 1.03 bits per heavy atom. The first-order valence-corrected chi connectivity index (χ1v) is 9.82. The van der Waals surface area contributed by atoms with Gasteiger partial charge in [0.1, 0.15) is 5.82 Å². The molecule has 0 saturated carbocycles. The van der Waals surface area contributed by atoms with Gasteiger partial charge in [-0.3, -0.25) is 4.79 Å². The number of aromatic nitrogens is 2. The van der Waals surface area contributed by atoms with E-state index in [0.717, 1.165) is 5.56 Å². The number of benzene rings is 2. The molecule has 0 unspecified atom stereocenters. The molecule has 0 saturated heterocycles. The number of halogens is 1. The van der Waals surface area contributed by atoms with Gasteiger partial charge in [-0.15, -0.1) is 0 Å². The van der Waals surface area contributed by atoms with Gasteiger partial charge in [-0.2, -0.15) is 0 Å². The standard InChI is InChI=1S/C24H20FN3O3/c1-2-30-23-16(8-7-13-26-23)14-27-22(29)17-9-3-4-10-18(17)24-28-15-21(31-24)19-11-5-6-12-20(19)25/h3-13,15H,2,14H2,1H3,(H,27,29). The summed E-state index contributed by atoms with van der Waals surface area (Å²) in [6.07, 6.45) is 3.09. The summed E-state index contributed by atoms with van der Waals surface area (Å²) in [5.74, 6) is 0.312. The van der Waals surface area contributed by atoms with Crippen LogP contribution in [0.25, 0.3) is 22.8 Å². The van der Waals surface area contributed by atoms with Gasteiger partial charge in [-0.05, 0) is 37.3 Å². The third-order valence-electron chi connectivity index (χ3n) is 4.62. The van der Waals surface area contributed by atoms with Crippen LogP contribution in [0.4, 0.5) is 4.39 Å². The largest absolute Gasteiger partial charge is 0.478 e. The van der Waals surface area contributed by atoms with E-state index in [9.17, 15) is 9.18 Å². The van der Waals surface area contributed by atoms with E-state index in [1.54, 1.807) is 54.7 Å². The summed E-state index contributed by atoms with van der Waals surface area (Å²) < 4.78 is 25.4. The van der Waals surface area contributed by atoms with Gasteiger partial charge in [0, 0.05) is 23.9 Å². The SMILES string of the molecule is CCOc1ncccc1CNC(=O)c1ccccc1-c1ncc(-c2ccccc2F)o1. The van der Waals surface area contributed by atoms with Crippen molar-refractivity contribution in [1.29, 1.82) is 0 Å². The maximum atomic E-state index is 14.1. The predicted molar refractivity (Wildman–Crippen MR) is 114 cm³/mol. The lowest BCUT2D eigenvalue weighted by molar-refractivity contribution is 0.0951. The lowest BCUT2D eigenvalue weighted by atomic mass is 10.1. The fourth-order valence-electron chi connectivity index (χ4n) is 3.15. The molecule has 2 heterocycles. The number of oxazole rings is 1. The van der Waals surface area contributed by atoms with Gasteiger partial charge >= 0.3 is 0 Å². The smallest absolute Gasteiger partial charge is 0.252 e. The molecule has 4 aromatic rings. The molecular weight excluding hydrogens is 397 g/mol. The van der Waals surface area contributed by atoms with E-state index in [-0.39, 0.29) is 18.3 Å². The van der Waals surface area contributed by atoms with Crippen LogP contribution in [-0.2, 0) is 6.54 Å². The third-order valence-corrected chi connectivity index (χ3v) is 4.62. The van der Waals surface area contributed by atoms with E-state index in [4.69, 9.17) is 9.15 Å². The number of carbonyl (C=O) groups is 1. The summed E-state index contributed by atoms with van der Waals surface area (Å²) in [4.78, 5) is 21.4. The Bertz CT molecular complexity index is 1210. The van der Waals surface area contributed by atoms with Crippen LogP contribution in [0.15, 0.2) is 77.5 Å². The summed E-state index contributed by atoms with van der Waals surface area (Å²) in [6.45, 7) is 2.61. The fourth-order valence-corrected chi connectivity index (χ4v) is 3.15. The number of amides is 1. The van der Waals surface area contributed by atoms with Crippen molar-refractivity contribution in [3.63, 3.8) is 0 Å². The molecule has 0 bridgehead atoms. The van der Waals surface area contributed by atoms with Crippen molar-refractivity contribution in [3.05, 3.63) is 90.0 Å². The Morgan fingerprint density at radius 2 is 1.81 bits per heavy atom. The molecule has 6 nitrogen and oxygen atoms in total. The molecule has 31 heavy (non-hydrogen) atoms. The summed E-state index contributed by atoms with van der Waals surface area (Å²) in [6, 6.07) is 16.9. The average Bonchev–Trinajstić information content (AvgIpc) is 3.29. The average molecular weight is 417 g/mol. The zero-order chi connectivity index (χ0) is 21.6. The molecular formula is C24H20FN3O3. The fraction of sp³-hybridized carbons (Fsp3) is 0.125. The maximum absolute atomic E-state index is 14.1. The van der Waals surface area contributed by atoms with Gasteiger partial charge < -0.3 is 14.5 Å². The number of pyridine rings is 1. The molecule has 0 aliphatic carbocycles. The van der Waals surface area contributed by atoms with E-state index in [1.165, 1.54) is 12.3 Å². The van der Waals surface area contributed by atoms with Crippen molar-refractivity contribution in [2.24, 2.45) is 0 Å². The molecule has 156 valence electrons. The number of hydrogen-bond donors (Lipinski definition) is 1. The van der Waals surface area contributed by atoms with Gasteiger partial charge in [-0.25, -0.2) is 14.4 Å². The van der Waals surface area contributed by atoms with Crippen LogP contribution in [0.1, 0.15) is 22.8 Å². The molecule has 0 spiro atoms. The van der Waals surface area contributed by atoms with Gasteiger partial charge in [0.2, 0.25) is 11.8 Å². The molecule has 0 radical (unpaired) electrons. The zero-order valence-electron chi connectivity index (χ0n) is 16.8. The Labute approximate surface area is 178 Å². The number of hydrogen-bond acceptors (Lipinski definition) is 5. The van der Waals surface area contributed by atoms with Crippen LogP contribution in [0.2, 0.25) is 0 Å². The molecule has 7 heteroatoms. The van der Waals surface area contributed by atoms with Gasteiger partial charge in [0.25, 0.3) is 5.91 Å². The van der Waals surface area contributed by atoms with E-state index < -0.39 is 5.82 Å². The van der Waals surface area contributed by atoms with Crippen molar-refractivity contribution < 1.29 is 18.3 Å². The van der Waals surface area contributed by atoms with Crippen molar-refractivity contribution >= 4 is 5.91 Å². The molecule has 1 amide bonds. The molecule has 2 aromatic carbocycles. The normalized spacial score (nSPS) is 10.6. The van der Waals surface area contributed by atoms with Crippen LogP contribution in [0.3, 0.4) is 0 Å². The number of carbonyl (C=O) groups excluding carboxylic acids is 1. The highest BCUT2D eigenvalue weighted by Crippen LogP contribution is 2.29. The number of rotatable bonds is 7. The van der Waals surface area contributed by atoms with E-state index in [0.29, 0.717) is 34.9 Å². The highest BCUT2D eigenvalue weighted by molar-refractivity contribution is 6.00. The van der Waals surface area contributed by atoms with Crippen LogP contribution in [0, 0.1) is 5.82 Å². The van der Waals surface area contributed by atoms with Crippen molar-refractivity contribution in [1.82, 2.24) is 15.3 Å². The minimum absolute atomic E-state index is 0.236. The summed E-state index contributed by atoms with van der Waals surface area (Å²) in [5.41, 5.74) is 1.99. The first-order valence-electron chi connectivity index (χ1n) is 9.82. The van der Waals surface area contributed by atoms with Gasteiger partial charge in [-0.1, -0.05) is 30.3 Å². The number of ether oxygens (including phenoxy) is 1. The molecule has 2 aromatic heterocycles. The zero-order valence-corrected chi connectivity index (χ0v) is 16.8. The second-order valence-electron chi connectivity index (χ2n) is 6.64. The van der Waals surface area contributed by atoms with Crippen LogP contribution in [0.5, 0.6) is 5.88 Å². The topological polar surface area (TPSA) is 77.2 Å². The van der Waals surface area contributed by atoms with Crippen molar-refractivity contribution in [2.45, 2.75) is 13.5 Å². The van der Waals surface area contributed by atoms with Gasteiger partial charge in [0.05, 0.1) is 23.9 Å². The number of nitrogens with zero attached hydrogens (tertiary/aromatic N) is 2. The summed E-state index contributed by atoms with van der Waals surface area (Å²) >= 11 is 0. The second kappa shape index (κ2) is 9.21. The first-order chi connectivity index (χ1) is 15.2. The highest BCUT2D eigenvalue weighted by atomic mass is 19.1. The summed E-state index contributed by atoms with van der Waals surface area (Å²) in [7, 11) is 0. The first kappa shape index (κ1) is 20.3. The van der Waals surface area contributed by atoms with Crippen LogP contribution < -0.4 is 10.1 Å². The Morgan fingerprint density at radius 3 is 2.61 bits per heavy atom. The molecule has 0 atom stereocenters. The second-order valence-corrected chi connectivity index (χ2v) is 6.64. The molecule has 4 rings (SSSR count). The van der Waals surface area contributed by atoms with Crippen LogP contribution in [-0.4, -0.2) is 22.5 Å². The Hall–Kier alpha value is -4.00. The van der Waals surface area contributed by atoms with Crippen molar-refractivity contribution in [3.8, 4) is 28.7 Å². The quantitative estimate of drug-likeness (QED) is 0.464. The minimum atomic E-state index is -0.405.